The molecule has 5 rings (SSSR count). The molecule has 1 fully saturated rings. The number of anilines is 1. The van der Waals surface area contributed by atoms with Gasteiger partial charge in [-0.25, -0.2) is 14.1 Å². The predicted octanol–water partition coefficient (Wildman–Crippen LogP) is 6.45. The molecule has 0 aliphatic carbocycles. The molecule has 0 unspecified atom stereocenters. The highest BCUT2D eigenvalue weighted by Gasteiger charge is 2.36. The van der Waals surface area contributed by atoms with Gasteiger partial charge in [-0.1, -0.05) is 42.5 Å². The molecule has 1 heterocycles. The Morgan fingerprint density at radius 3 is 1.98 bits per heavy atom. The van der Waals surface area contributed by atoms with E-state index in [9.17, 15) is 18.8 Å². The van der Waals surface area contributed by atoms with Crippen molar-refractivity contribution < 1.29 is 37.7 Å². The summed E-state index contributed by atoms with van der Waals surface area (Å²) in [5.41, 5.74) is 2.21. The van der Waals surface area contributed by atoms with Crippen LogP contribution in [0.1, 0.15) is 30.5 Å². The summed E-state index contributed by atoms with van der Waals surface area (Å²) in [6.45, 7) is 5.14. The van der Waals surface area contributed by atoms with Gasteiger partial charge >= 0.3 is 6.03 Å². The Labute approximate surface area is 259 Å². The van der Waals surface area contributed by atoms with Gasteiger partial charge in [0.05, 0.1) is 18.9 Å². The monoisotopic (exact) mass is 610 g/mol. The molecule has 1 N–H and O–H groups in total. The second-order valence-electron chi connectivity index (χ2n) is 9.85. The number of hydrogen-bond acceptors (Lipinski definition) is 7. The lowest BCUT2D eigenvalue weighted by molar-refractivity contribution is -0.122. The molecular weight excluding hydrogens is 579 g/mol. The summed E-state index contributed by atoms with van der Waals surface area (Å²) in [5.74, 6) is -0.139. The first-order chi connectivity index (χ1) is 21.9. The molecule has 1 aliphatic rings. The number of barbiturate groups is 1. The number of carbonyl (C=O) groups excluding carboxylic acids is 3. The Bertz CT molecular complexity index is 1720. The number of rotatable bonds is 12. The first kappa shape index (κ1) is 30.8. The lowest BCUT2D eigenvalue weighted by Crippen LogP contribution is -2.54. The van der Waals surface area contributed by atoms with E-state index in [1.165, 1.54) is 18.2 Å². The first-order valence-electron chi connectivity index (χ1n) is 14.4. The molecule has 0 atom stereocenters. The fourth-order valence-electron chi connectivity index (χ4n) is 4.58. The fourth-order valence-corrected chi connectivity index (χ4v) is 4.58. The third-order valence-electron chi connectivity index (χ3n) is 6.70. The van der Waals surface area contributed by atoms with Gasteiger partial charge in [0.2, 0.25) is 0 Å². The number of ether oxygens (including phenoxy) is 4. The number of nitrogens with one attached hydrogen (secondary N) is 1. The lowest BCUT2D eigenvalue weighted by atomic mass is 10.1. The van der Waals surface area contributed by atoms with E-state index < -0.39 is 23.7 Å². The minimum atomic E-state index is -0.921. The molecule has 1 saturated heterocycles. The minimum absolute atomic E-state index is 0.124. The highest BCUT2D eigenvalue weighted by molar-refractivity contribution is 6.39. The summed E-state index contributed by atoms with van der Waals surface area (Å²) in [4.78, 5) is 39.0. The van der Waals surface area contributed by atoms with Crippen LogP contribution in [0.2, 0.25) is 0 Å². The summed E-state index contributed by atoms with van der Waals surface area (Å²) in [5, 5.41) is 2.16. The van der Waals surface area contributed by atoms with Crippen LogP contribution in [0.4, 0.5) is 14.9 Å². The van der Waals surface area contributed by atoms with Crippen LogP contribution in [0.3, 0.4) is 0 Å². The standard InChI is InChI=1S/C35H31FN2O7/c1-3-42-31-19-24(18-28-33(39)37-35(41)38(34(28)40)27-14-12-26(36)13-15-27)10-16-29(31)45-22-25-11-17-30(32(20-25)43-4-2)44-21-23-8-6-5-7-9-23/h5-20H,3-4,21-22H2,1-2H3,(H,37,39,41)/b28-18+. The molecule has 10 heteroatoms. The minimum Gasteiger partial charge on any atom is -0.490 e. The zero-order valence-electron chi connectivity index (χ0n) is 24.7. The molecule has 0 radical (unpaired) electrons. The van der Waals surface area contributed by atoms with E-state index in [4.69, 9.17) is 18.9 Å². The summed E-state index contributed by atoms with van der Waals surface area (Å²) in [6, 6.07) is 24.3. The molecule has 230 valence electrons. The van der Waals surface area contributed by atoms with E-state index in [0.717, 1.165) is 28.2 Å². The van der Waals surface area contributed by atoms with Gasteiger partial charge in [0, 0.05) is 0 Å². The van der Waals surface area contributed by atoms with Gasteiger partial charge in [0.15, 0.2) is 23.0 Å². The van der Waals surface area contributed by atoms with Crippen LogP contribution in [0, 0.1) is 5.82 Å². The van der Waals surface area contributed by atoms with Crippen molar-refractivity contribution in [2.24, 2.45) is 0 Å². The summed E-state index contributed by atoms with van der Waals surface area (Å²) in [7, 11) is 0. The number of amides is 4. The van der Waals surface area contributed by atoms with Crippen molar-refractivity contribution in [3.63, 3.8) is 0 Å². The Morgan fingerprint density at radius 1 is 0.689 bits per heavy atom. The predicted molar refractivity (Wildman–Crippen MR) is 166 cm³/mol. The first-order valence-corrected chi connectivity index (χ1v) is 14.4. The third-order valence-corrected chi connectivity index (χ3v) is 6.70. The lowest BCUT2D eigenvalue weighted by Gasteiger charge is -2.26. The molecule has 9 nitrogen and oxygen atoms in total. The van der Waals surface area contributed by atoms with Crippen LogP contribution in [-0.2, 0) is 22.8 Å². The quantitative estimate of drug-likeness (QED) is 0.145. The molecular formula is C35H31FN2O7. The van der Waals surface area contributed by atoms with E-state index >= 15 is 0 Å². The smallest absolute Gasteiger partial charge is 0.335 e. The van der Waals surface area contributed by atoms with Crippen molar-refractivity contribution in [1.29, 1.82) is 0 Å². The SMILES string of the molecule is CCOc1cc(/C=C2\C(=O)NC(=O)N(c3ccc(F)cc3)C2=O)ccc1OCc1ccc(OCc2ccccc2)c(OCC)c1. The summed E-state index contributed by atoms with van der Waals surface area (Å²) < 4.78 is 37.1. The maximum atomic E-state index is 13.4. The molecule has 0 bridgehead atoms. The van der Waals surface area contributed by atoms with Crippen molar-refractivity contribution in [3.05, 3.63) is 119 Å². The van der Waals surface area contributed by atoms with E-state index in [2.05, 4.69) is 5.32 Å². The van der Waals surface area contributed by atoms with Gasteiger partial charge in [-0.3, -0.25) is 14.9 Å². The van der Waals surface area contributed by atoms with E-state index in [1.54, 1.807) is 18.2 Å². The number of carbonyl (C=O) groups is 3. The largest absolute Gasteiger partial charge is 0.490 e. The van der Waals surface area contributed by atoms with Crippen molar-refractivity contribution >= 4 is 29.6 Å². The Kier molecular flexibility index (Phi) is 9.74. The van der Waals surface area contributed by atoms with Gasteiger partial charge < -0.3 is 18.9 Å². The molecule has 0 aromatic heterocycles. The normalized spacial score (nSPS) is 13.9. The van der Waals surface area contributed by atoms with Gasteiger partial charge in [0.25, 0.3) is 11.8 Å². The van der Waals surface area contributed by atoms with Crippen LogP contribution in [0.15, 0.2) is 96.6 Å². The number of urea groups is 1. The maximum Gasteiger partial charge on any atom is 0.335 e. The fraction of sp³-hybridized carbons (Fsp3) is 0.171. The van der Waals surface area contributed by atoms with E-state index in [-0.39, 0.29) is 17.9 Å². The third kappa shape index (κ3) is 7.48. The van der Waals surface area contributed by atoms with Gasteiger partial charge in [-0.05, 0) is 85.1 Å². The number of nitrogens with zero attached hydrogens (tertiary/aromatic N) is 1. The van der Waals surface area contributed by atoms with E-state index in [0.29, 0.717) is 48.4 Å². The Balaban J connectivity index is 1.32. The molecule has 4 aromatic carbocycles. The second kappa shape index (κ2) is 14.2. The number of halogens is 1. The number of imide groups is 2. The Hall–Kier alpha value is -5.64. The molecule has 4 amide bonds. The van der Waals surface area contributed by atoms with Gasteiger partial charge in [-0.15, -0.1) is 0 Å². The van der Waals surface area contributed by atoms with Crippen molar-refractivity contribution in [3.8, 4) is 23.0 Å². The number of hydrogen-bond donors (Lipinski definition) is 1. The average Bonchev–Trinajstić information content (AvgIpc) is 3.04. The van der Waals surface area contributed by atoms with Crippen LogP contribution >= 0.6 is 0 Å². The van der Waals surface area contributed by atoms with Crippen LogP contribution in [0.5, 0.6) is 23.0 Å². The maximum absolute atomic E-state index is 13.4. The van der Waals surface area contributed by atoms with Gasteiger partial charge in [0.1, 0.15) is 24.6 Å². The van der Waals surface area contributed by atoms with Crippen LogP contribution < -0.4 is 29.2 Å². The van der Waals surface area contributed by atoms with Crippen LogP contribution in [0.25, 0.3) is 6.08 Å². The topological polar surface area (TPSA) is 103 Å². The molecule has 0 spiro atoms. The summed E-state index contributed by atoms with van der Waals surface area (Å²) >= 11 is 0. The number of benzene rings is 4. The highest BCUT2D eigenvalue weighted by atomic mass is 19.1. The molecule has 4 aromatic rings. The molecule has 45 heavy (non-hydrogen) atoms. The average molecular weight is 611 g/mol. The zero-order valence-corrected chi connectivity index (χ0v) is 24.7. The van der Waals surface area contributed by atoms with Crippen molar-refractivity contribution in [2.45, 2.75) is 27.1 Å². The zero-order chi connectivity index (χ0) is 31.8. The van der Waals surface area contributed by atoms with Crippen molar-refractivity contribution in [2.75, 3.05) is 18.1 Å². The highest BCUT2D eigenvalue weighted by Crippen LogP contribution is 2.33. The van der Waals surface area contributed by atoms with Crippen molar-refractivity contribution in [1.82, 2.24) is 5.32 Å². The molecule has 0 saturated carbocycles. The van der Waals surface area contributed by atoms with E-state index in [1.807, 2.05) is 62.4 Å². The van der Waals surface area contributed by atoms with Gasteiger partial charge in [-0.2, -0.15) is 0 Å². The Morgan fingerprint density at radius 2 is 1.31 bits per heavy atom. The molecule has 1 aliphatic heterocycles. The summed E-state index contributed by atoms with van der Waals surface area (Å²) in [6.07, 6.45) is 1.36. The van der Waals surface area contributed by atoms with Crippen LogP contribution in [-0.4, -0.2) is 31.1 Å². The second-order valence-corrected chi connectivity index (χ2v) is 9.85.